The van der Waals surface area contributed by atoms with Gasteiger partial charge in [0.25, 0.3) is 0 Å². The molecule has 13 heteroatoms. The number of imide groups is 1. The Kier molecular flexibility index (Phi) is 7.96. The minimum absolute atomic E-state index is 0.180. The number of amides is 3. The molecule has 238 valence electrons. The molecule has 3 aromatic carbocycles. The van der Waals surface area contributed by atoms with Gasteiger partial charge in [0.2, 0.25) is 17.7 Å². The van der Waals surface area contributed by atoms with Crippen LogP contribution >= 0.6 is 23.1 Å². The molecule has 1 saturated heterocycles. The molecule has 2 aliphatic rings. The summed E-state index contributed by atoms with van der Waals surface area (Å²) in [6.45, 7) is 5.72. The van der Waals surface area contributed by atoms with Crippen molar-refractivity contribution in [2.75, 3.05) is 10.2 Å². The van der Waals surface area contributed by atoms with Crippen LogP contribution in [0.5, 0.6) is 0 Å². The molecule has 3 atom stereocenters. The molecule has 3 heterocycles. The van der Waals surface area contributed by atoms with Crippen LogP contribution in [0.4, 0.5) is 28.9 Å². The van der Waals surface area contributed by atoms with Crippen molar-refractivity contribution in [1.82, 2.24) is 4.57 Å². The lowest BCUT2D eigenvalue weighted by Gasteiger charge is -2.31. The summed E-state index contributed by atoms with van der Waals surface area (Å²) in [4.78, 5) is 55.1. The standard InChI is InChI=1S/C33H27F4N3O4S2/c1-32(2,3)18-9-7-17(8-10-18)24-25-26(29(43)40(28(25)42)22-6-4-5-19(15-22)33(35,36)37)45-30-27(24)46-31(44)39(30)16-23(41)38-21-13-11-20(34)12-14-21/h4-15,24-26H,16H2,1-3H3,(H,38,41). The van der Waals surface area contributed by atoms with E-state index in [2.05, 4.69) is 5.32 Å². The van der Waals surface area contributed by atoms with Gasteiger partial charge in [-0.2, -0.15) is 13.2 Å². The molecule has 46 heavy (non-hydrogen) atoms. The average Bonchev–Trinajstić information content (AvgIpc) is 3.43. The number of carbonyl (C=O) groups excluding carboxylic acids is 3. The molecule has 0 spiro atoms. The number of thiazole rings is 1. The fourth-order valence-corrected chi connectivity index (χ4v) is 8.53. The second kappa shape index (κ2) is 11.5. The molecule has 6 rings (SSSR count). The molecule has 3 unspecified atom stereocenters. The first-order valence-electron chi connectivity index (χ1n) is 14.2. The quantitative estimate of drug-likeness (QED) is 0.187. The third-order valence-corrected chi connectivity index (χ3v) is 10.7. The van der Waals surface area contributed by atoms with Gasteiger partial charge in [0.1, 0.15) is 17.6 Å². The van der Waals surface area contributed by atoms with E-state index in [0.717, 1.165) is 51.8 Å². The Labute approximate surface area is 269 Å². The number of fused-ring (bicyclic) bond motifs is 2. The number of anilines is 2. The van der Waals surface area contributed by atoms with E-state index in [1.807, 2.05) is 45.0 Å². The molecular weight excluding hydrogens is 643 g/mol. The zero-order valence-electron chi connectivity index (χ0n) is 24.7. The molecule has 2 aliphatic heterocycles. The van der Waals surface area contributed by atoms with Gasteiger partial charge in [0.05, 0.1) is 22.2 Å². The lowest BCUT2D eigenvalue weighted by Crippen LogP contribution is -2.33. The second-order valence-electron chi connectivity index (χ2n) is 12.2. The number of alkyl halides is 3. The van der Waals surface area contributed by atoms with E-state index in [9.17, 15) is 36.7 Å². The first-order valence-corrected chi connectivity index (χ1v) is 15.9. The Morgan fingerprint density at radius 3 is 2.20 bits per heavy atom. The maximum atomic E-state index is 14.1. The van der Waals surface area contributed by atoms with Crippen molar-refractivity contribution in [2.45, 2.75) is 55.1 Å². The number of rotatable bonds is 5. The van der Waals surface area contributed by atoms with Crippen LogP contribution in [0.2, 0.25) is 0 Å². The predicted molar refractivity (Wildman–Crippen MR) is 168 cm³/mol. The van der Waals surface area contributed by atoms with Gasteiger partial charge in [0, 0.05) is 16.5 Å². The van der Waals surface area contributed by atoms with Gasteiger partial charge < -0.3 is 5.32 Å². The van der Waals surface area contributed by atoms with Gasteiger partial charge in [-0.3, -0.25) is 23.7 Å². The monoisotopic (exact) mass is 669 g/mol. The lowest BCUT2D eigenvalue weighted by atomic mass is 9.81. The topological polar surface area (TPSA) is 88.5 Å². The van der Waals surface area contributed by atoms with Crippen molar-refractivity contribution in [3.05, 3.63) is 110 Å². The van der Waals surface area contributed by atoms with E-state index in [-0.39, 0.29) is 11.1 Å². The largest absolute Gasteiger partial charge is 0.416 e. The van der Waals surface area contributed by atoms with Crippen molar-refractivity contribution >= 4 is 52.2 Å². The van der Waals surface area contributed by atoms with Gasteiger partial charge in [0.15, 0.2) is 0 Å². The van der Waals surface area contributed by atoms with Crippen molar-refractivity contribution in [2.24, 2.45) is 5.92 Å². The average molecular weight is 670 g/mol. The van der Waals surface area contributed by atoms with E-state index in [0.29, 0.717) is 21.2 Å². The number of nitrogens with zero attached hydrogens (tertiary/aromatic N) is 2. The first-order chi connectivity index (χ1) is 21.6. The SMILES string of the molecule is CC(C)(C)c1ccc(C2c3sc(=O)n(CC(=O)Nc4ccc(F)cc4)c3SC3C(=O)N(c4cccc(C(F)(F)F)c4)C(=O)C32)cc1. The number of benzene rings is 3. The highest BCUT2D eigenvalue weighted by atomic mass is 32.2. The first kappa shape index (κ1) is 31.7. The zero-order chi connectivity index (χ0) is 33.1. The van der Waals surface area contributed by atoms with Gasteiger partial charge in [-0.15, -0.1) is 0 Å². The van der Waals surface area contributed by atoms with Crippen molar-refractivity contribution in [1.29, 1.82) is 0 Å². The van der Waals surface area contributed by atoms with Crippen LogP contribution in [-0.2, 0) is 32.5 Å². The van der Waals surface area contributed by atoms with Crippen LogP contribution in [0, 0.1) is 11.7 Å². The zero-order valence-corrected chi connectivity index (χ0v) is 26.4. The smallest absolute Gasteiger partial charge is 0.325 e. The van der Waals surface area contributed by atoms with Crippen LogP contribution in [0.15, 0.2) is 82.6 Å². The summed E-state index contributed by atoms with van der Waals surface area (Å²) < 4.78 is 55.2. The van der Waals surface area contributed by atoms with E-state index in [1.54, 1.807) is 0 Å². The van der Waals surface area contributed by atoms with Gasteiger partial charge >= 0.3 is 11.0 Å². The maximum Gasteiger partial charge on any atom is 0.416 e. The minimum Gasteiger partial charge on any atom is -0.325 e. The number of aromatic nitrogens is 1. The van der Waals surface area contributed by atoms with Gasteiger partial charge in [-0.1, -0.05) is 74.2 Å². The summed E-state index contributed by atoms with van der Waals surface area (Å²) >= 11 is 1.82. The Hall–Kier alpha value is -4.23. The molecule has 4 aromatic rings. The third kappa shape index (κ3) is 5.77. The molecule has 1 N–H and O–H groups in total. The van der Waals surface area contributed by atoms with Crippen molar-refractivity contribution in [3.63, 3.8) is 0 Å². The maximum absolute atomic E-state index is 14.1. The van der Waals surface area contributed by atoms with E-state index in [1.165, 1.54) is 34.9 Å². The Morgan fingerprint density at radius 2 is 1.57 bits per heavy atom. The number of carbonyl (C=O) groups is 3. The predicted octanol–water partition coefficient (Wildman–Crippen LogP) is 6.80. The molecular formula is C33H27F4N3O4S2. The third-order valence-electron chi connectivity index (χ3n) is 8.05. The molecule has 3 amide bonds. The van der Waals surface area contributed by atoms with Crippen molar-refractivity contribution in [3.8, 4) is 0 Å². The molecule has 0 saturated carbocycles. The molecule has 7 nitrogen and oxygen atoms in total. The van der Waals surface area contributed by atoms with E-state index in [4.69, 9.17) is 0 Å². The van der Waals surface area contributed by atoms with E-state index >= 15 is 0 Å². The molecule has 1 aromatic heterocycles. The number of thioether (sulfide) groups is 1. The van der Waals surface area contributed by atoms with E-state index < -0.39 is 63.8 Å². The summed E-state index contributed by atoms with van der Waals surface area (Å²) in [7, 11) is 0. The van der Waals surface area contributed by atoms with Gasteiger partial charge in [-0.05, 0) is 59.0 Å². The lowest BCUT2D eigenvalue weighted by molar-refractivity contribution is -0.137. The number of hydrogen-bond donors (Lipinski definition) is 1. The summed E-state index contributed by atoms with van der Waals surface area (Å²) in [6.07, 6.45) is -4.69. The fourth-order valence-electron chi connectivity index (χ4n) is 5.76. The fraction of sp³-hybridized carbons (Fsp3) is 0.273. The minimum atomic E-state index is -4.69. The summed E-state index contributed by atoms with van der Waals surface area (Å²) in [5.41, 5.74) is 0.617. The van der Waals surface area contributed by atoms with Crippen LogP contribution in [-0.4, -0.2) is 27.5 Å². The number of nitrogens with one attached hydrogen (secondary N) is 1. The molecule has 1 fully saturated rings. The highest BCUT2D eigenvalue weighted by Crippen LogP contribution is 2.54. The van der Waals surface area contributed by atoms with Crippen LogP contribution in [0.25, 0.3) is 0 Å². The van der Waals surface area contributed by atoms with Gasteiger partial charge in [-0.25, -0.2) is 9.29 Å². The number of hydrogen-bond acceptors (Lipinski definition) is 6. The molecule has 0 radical (unpaired) electrons. The van der Waals surface area contributed by atoms with Crippen LogP contribution in [0.3, 0.4) is 0 Å². The van der Waals surface area contributed by atoms with Crippen LogP contribution < -0.4 is 15.1 Å². The van der Waals surface area contributed by atoms with Crippen molar-refractivity contribution < 1.29 is 31.9 Å². The summed E-state index contributed by atoms with van der Waals surface area (Å²) in [5.74, 6) is -4.21. The summed E-state index contributed by atoms with van der Waals surface area (Å²) in [5, 5.41) is 1.89. The molecule has 0 aliphatic carbocycles. The Bertz CT molecular complexity index is 1910. The number of halogens is 4. The normalized spacial score (nSPS) is 19.6. The Morgan fingerprint density at radius 1 is 0.891 bits per heavy atom. The molecule has 0 bridgehead atoms. The highest BCUT2D eigenvalue weighted by molar-refractivity contribution is 8.00. The summed E-state index contributed by atoms with van der Waals surface area (Å²) in [6, 6.07) is 16.7. The second-order valence-corrected chi connectivity index (χ2v) is 14.3. The Balaban J connectivity index is 1.42. The highest BCUT2D eigenvalue weighted by Gasteiger charge is 2.57. The van der Waals surface area contributed by atoms with Crippen LogP contribution in [0.1, 0.15) is 48.3 Å².